The molecule has 2 heterocycles. The summed E-state index contributed by atoms with van der Waals surface area (Å²) in [5.41, 5.74) is 3.32. The Labute approximate surface area is 267 Å². The molecular formula is C35H46N4O5S. The Morgan fingerprint density at radius 2 is 1.76 bits per heavy atom. The summed E-state index contributed by atoms with van der Waals surface area (Å²) >= 11 is 0. The van der Waals surface area contributed by atoms with Crippen LogP contribution in [0.3, 0.4) is 0 Å². The van der Waals surface area contributed by atoms with E-state index in [1.165, 1.54) is 0 Å². The SMILES string of the molecule is CCCCC1=NC2(CCC(C)(C)CC2)C(=O)N1Cc1ccc(-c2ccccc2S(=O)(=O)Nc2noc(C)c2C)c(COCC)c1. The number of carbonyl (C=O) groups is 1. The predicted molar refractivity (Wildman–Crippen MR) is 176 cm³/mol. The van der Waals surface area contributed by atoms with Crippen molar-refractivity contribution in [1.29, 1.82) is 0 Å². The minimum Gasteiger partial charge on any atom is -0.377 e. The van der Waals surface area contributed by atoms with Crippen LogP contribution in [0.15, 0.2) is 56.9 Å². The van der Waals surface area contributed by atoms with E-state index in [1.54, 1.807) is 32.0 Å². The average molecular weight is 635 g/mol. The van der Waals surface area contributed by atoms with Gasteiger partial charge in [0.15, 0.2) is 5.82 Å². The van der Waals surface area contributed by atoms with E-state index in [4.69, 9.17) is 14.3 Å². The van der Waals surface area contributed by atoms with E-state index in [-0.39, 0.29) is 22.0 Å². The number of sulfonamides is 1. The van der Waals surface area contributed by atoms with Gasteiger partial charge in [-0.05, 0) is 81.0 Å². The highest BCUT2D eigenvalue weighted by Gasteiger charge is 2.50. The third-order valence-electron chi connectivity index (χ3n) is 9.31. The van der Waals surface area contributed by atoms with Crippen molar-refractivity contribution < 1.29 is 22.5 Å². The number of unbranched alkanes of at least 4 members (excludes halogenated alkanes) is 1. The number of aliphatic imine (C=N–C) groups is 1. The summed E-state index contributed by atoms with van der Waals surface area (Å²) in [6, 6.07) is 12.9. The van der Waals surface area contributed by atoms with Crippen LogP contribution >= 0.6 is 0 Å². The number of carbonyl (C=O) groups excluding carboxylic acids is 1. The van der Waals surface area contributed by atoms with E-state index in [1.807, 2.05) is 36.1 Å². The second-order valence-electron chi connectivity index (χ2n) is 13.2. The number of nitrogens with zero attached hydrogens (tertiary/aromatic N) is 3. The van der Waals surface area contributed by atoms with Crippen molar-refractivity contribution in [2.75, 3.05) is 11.3 Å². The standard InChI is InChI=1S/C35H46N4O5S/c1-7-9-14-31-36-35(19-17-34(5,6)18-20-35)33(40)39(31)22-26-15-16-28(27(21-26)23-43-8-2)29-12-10-11-13-30(29)45(41,42)38-32-24(3)25(4)44-37-32/h10-13,15-16,21H,7-9,14,17-20,22-23H2,1-6H3,(H,37,38). The van der Waals surface area contributed by atoms with Crippen LogP contribution in [0.25, 0.3) is 11.1 Å². The van der Waals surface area contributed by atoms with E-state index in [9.17, 15) is 13.2 Å². The highest BCUT2D eigenvalue weighted by Crippen LogP contribution is 2.46. The first-order chi connectivity index (χ1) is 21.4. The van der Waals surface area contributed by atoms with Gasteiger partial charge in [-0.3, -0.25) is 19.4 Å². The summed E-state index contributed by atoms with van der Waals surface area (Å²) in [6.07, 6.45) is 6.32. The van der Waals surface area contributed by atoms with Crippen LogP contribution in [-0.2, 0) is 32.7 Å². The maximum Gasteiger partial charge on any atom is 0.263 e. The Hall–Kier alpha value is -3.50. The molecular weight excluding hydrogens is 588 g/mol. The molecule has 0 bridgehead atoms. The van der Waals surface area contributed by atoms with E-state index in [0.717, 1.165) is 67.5 Å². The van der Waals surface area contributed by atoms with E-state index in [0.29, 0.717) is 36.6 Å². The second-order valence-corrected chi connectivity index (χ2v) is 14.8. The van der Waals surface area contributed by atoms with Crippen LogP contribution in [0, 0.1) is 19.3 Å². The maximum absolute atomic E-state index is 14.0. The maximum atomic E-state index is 14.0. The molecule has 1 spiro atoms. The van der Waals surface area contributed by atoms with Gasteiger partial charge in [0.2, 0.25) is 0 Å². The number of amides is 1. The molecule has 242 valence electrons. The summed E-state index contributed by atoms with van der Waals surface area (Å²) in [6.45, 7) is 13.3. The Morgan fingerprint density at radius 1 is 1.02 bits per heavy atom. The minimum atomic E-state index is -4.00. The zero-order valence-electron chi connectivity index (χ0n) is 27.4. The minimum absolute atomic E-state index is 0.112. The lowest BCUT2D eigenvalue weighted by Gasteiger charge is -2.38. The van der Waals surface area contributed by atoms with Gasteiger partial charge in [-0.2, -0.15) is 0 Å². The number of amidine groups is 1. The van der Waals surface area contributed by atoms with Crippen LogP contribution in [0.5, 0.6) is 0 Å². The molecule has 1 aliphatic carbocycles. The number of rotatable bonds is 12. The van der Waals surface area contributed by atoms with Gasteiger partial charge >= 0.3 is 0 Å². The Balaban J connectivity index is 1.47. The van der Waals surface area contributed by atoms with Crippen molar-refractivity contribution in [2.45, 2.75) is 110 Å². The average Bonchev–Trinajstić information content (AvgIpc) is 3.46. The van der Waals surface area contributed by atoms with Gasteiger partial charge in [0.25, 0.3) is 15.9 Å². The monoisotopic (exact) mass is 634 g/mol. The fourth-order valence-electron chi connectivity index (χ4n) is 6.22. The lowest BCUT2D eigenvalue weighted by molar-refractivity contribution is -0.133. The molecule has 3 aromatic rings. The molecule has 1 fully saturated rings. The number of ether oxygens (including phenoxy) is 1. The molecule has 1 saturated carbocycles. The van der Waals surface area contributed by atoms with Crippen molar-refractivity contribution in [3.63, 3.8) is 0 Å². The van der Waals surface area contributed by atoms with Crippen molar-refractivity contribution in [3.05, 3.63) is 64.9 Å². The summed E-state index contributed by atoms with van der Waals surface area (Å²) in [4.78, 5) is 21.2. The van der Waals surface area contributed by atoms with Crippen molar-refractivity contribution in [1.82, 2.24) is 10.1 Å². The number of aromatic nitrogens is 1. The summed E-state index contributed by atoms with van der Waals surface area (Å²) in [5.74, 6) is 1.72. The molecule has 2 aliphatic rings. The van der Waals surface area contributed by atoms with Crippen molar-refractivity contribution >= 4 is 27.6 Å². The first-order valence-corrected chi connectivity index (χ1v) is 17.5. The lowest BCUT2D eigenvalue weighted by atomic mass is 9.69. The molecule has 0 unspecified atom stereocenters. The number of nitrogens with one attached hydrogen (secondary N) is 1. The van der Waals surface area contributed by atoms with Crippen LogP contribution in [0.4, 0.5) is 5.82 Å². The first-order valence-electron chi connectivity index (χ1n) is 16.0. The van der Waals surface area contributed by atoms with E-state index < -0.39 is 15.6 Å². The second kappa shape index (κ2) is 13.1. The molecule has 5 rings (SSSR count). The van der Waals surface area contributed by atoms with Crippen LogP contribution in [0.2, 0.25) is 0 Å². The highest BCUT2D eigenvalue weighted by atomic mass is 32.2. The molecule has 1 N–H and O–H groups in total. The van der Waals surface area contributed by atoms with Gasteiger partial charge in [-0.25, -0.2) is 8.42 Å². The quantitative estimate of drug-likeness (QED) is 0.220. The number of hydrogen-bond donors (Lipinski definition) is 1. The number of anilines is 1. The molecule has 45 heavy (non-hydrogen) atoms. The van der Waals surface area contributed by atoms with Crippen molar-refractivity contribution in [3.8, 4) is 11.1 Å². The Morgan fingerprint density at radius 3 is 2.42 bits per heavy atom. The Bertz CT molecular complexity index is 1680. The summed E-state index contributed by atoms with van der Waals surface area (Å²) in [5, 5.41) is 3.89. The van der Waals surface area contributed by atoms with Crippen LogP contribution in [-0.4, -0.2) is 42.4 Å². The number of aryl methyl sites for hydroxylation is 1. The van der Waals surface area contributed by atoms with E-state index in [2.05, 4.69) is 30.6 Å². The molecule has 1 aliphatic heterocycles. The summed E-state index contributed by atoms with van der Waals surface area (Å²) in [7, 11) is -4.00. The van der Waals surface area contributed by atoms with Gasteiger partial charge in [0.1, 0.15) is 17.1 Å². The predicted octanol–water partition coefficient (Wildman–Crippen LogP) is 7.57. The smallest absolute Gasteiger partial charge is 0.263 e. The van der Waals surface area contributed by atoms with Gasteiger partial charge in [0, 0.05) is 24.2 Å². The van der Waals surface area contributed by atoms with Gasteiger partial charge in [-0.15, -0.1) is 0 Å². The molecule has 10 heteroatoms. The third-order valence-corrected chi connectivity index (χ3v) is 10.7. The van der Waals surface area contributed by atoms with Crippen LogP contribution in [0.1, 0.15) is 95.1 Å². The van der Waals surface area contributed by atoms with Crippen LogP contribution < -0.4 is 4.72 Å². The molecule has 0 atom stereocenters. The fraction of sp³-hybridized carbons (Fsp3) is 0.514. The van der Waals surface area contributed by atoms with E-state index >= 15 is 0 Å². The lowest BCUT2D eigenvalue weighted by Crippen LogP contribution is -2.45. The molecule has 0 saturated heterocycles. The molecule has 1 amide bonds. The molecule has 9 nitrogen and oxygen atoms in total. The number of benzene rings is 2. The molecule has 1 aromatic heterocycles. The topological polar surface area (TPSA) is 114 Å². The zero-order chi connectivity index (χ0) is 32.4. The first kappa shape index (κ1) is 32.9. The highest BCUT2D eigenvalue weighted by molar-refractivity contribution is 7.92. The van der Waals surface area contributed by atoms with Gasteiger partial charge in [-0.1, -0.05) is 68.7 Å². The zero-order valence-corrected chi connectivity index (χ0v) is 28.2. The van der Waals surface area contributed by atoms with Crippen molar-refractivity contribution in [2.24, 2.45) is 10.4 Å². The fourth-order valence-corrected chi connectivity index (χ4v) is 7.50. The normalized spacial score (nSPS) is 17.6. The summed E-state index contributed by atoms with van der Waals surface area (Å²) < 4.78 is 40.9. The van der Waals surface area contributed by atoms with Gasteiger partial charge in [0.05, 0.1) is 18.0 Å². The molecule has 2 aromatic carbocycles. The largest absolute Gasteiger partial charge is 0.377 e. The number of hydrogen-bond acceptors (Lipinski definition) is 7. The third kappa shape index (κ3) is 6.87. The molecule has 0 radical (unpaired) electrons. The van der Waals surface area contributed by atoms with Gasteiger partial charge < -0.3 is 9.26 Å². The Kier molecular flexibility index (Phi) is 9.56.